The quantitative estimate of drug-likeness (QED) is 0.558. The van der Waals surface area contributed by atoms with Crippen molar-refractivity contribution in [3.63, 3.8) is 0 Å². The molecule has 2 aromatic carbocycles. The molecule has 8 heteroatoms. The van der Waals surface area contributed by atoms with Crippen molar-refractivity contribution in [3.05, 3.63) is 63.1 Å². The van der Waals surface area contributed by atoms with Gasteiger partial charge < -0.3 is 10.0 Å². The van der Waals surface area contributed by atoms with Crippen LogP contribution >= 0.6 is 11.3 Å². The van der Waals surface area contributed by atoms with E-state index in [1.165, 1.54) is 6.07 Å². The second-order valence-corrected chi connectivity index (χ2v) is 7.20. The Kier molecular flexibility index (Phi) is 4.04. The Labute approximate surface area is 152 Å². The van der Waals surface area contributed by atoms with Gasteiger partial charge in [-0.2, -0.15) is 0 Å². The van der Waals surface area contributed by atoms with Crippen LogP contribution in [0.3, 0.4) is 0 Å². The second-order valence-electron chi connectivity index (χ2n) is 6.14. The van der Waals surface area contributed by atoms with Gasteiger partial charge in [-0.15, -0.1) is 11.3 Å². The van der Waals surface area contributed by atoms with Gasteiger partial charge in [0.25, 0.3) is 5.91 Å². The van der Waals surface area contributed by atoms with Crippen LogP contribution in [0, 0.1) is 10.1 Å². The van der Waals surface area contributed by atoms with E-state index in [1.807, 2.05) is 24.3 Å². The average molecular weight is 369 g/mol. The average Bonchev–Trinajstić information content (AvgIpc) is 3.26. The number of nitro groups is 1. The molecule has 4 rings (SSSR count). The molecule has 26 heavy (non-hydrogen) atoms. The standard InChI is InChI=1S/C18H15N3O4S/c22-15-10-11(7-8-13(15)21(24)25)18(23)20-9-3-5-14(20)17-19-12-4-1-2-6-16(12)26-17/h1-2,4,6-8,10,14,22H,3,5,9H2. The number of nitrogens with zero attached hydrogens (tertiary/aromatic N) is 3. The lowest BCUT2D eigenvalue weighted by Crippen LogP contribution is -2.30. The van der Waals surface area contributed by atoms with E-state index in [2.05, 4.69) is 4.98 Å². The zero-order chi connectivity index (χ0) is 18.3. The molecule has 0 radical (unpaired) electrons. The zero-order valence-electron chi connectivity index (χ0n) is 13.7. The predicted molar refractivity (Wildman–Crippen MR) is 97.4 cm³/mol. The summed E-state index contributed by atoms with van der Waals surface area (Å²) in [5.74, 6) is -0.756. The molecular formula is C18H15N3O4S. The smallest absolute Gasteiger partial charge is 0.310 e. The van der Waals surface area contributed by atoms with Crippen molar-refractivity contribution in [1.29, 1.82) is 0 Å². The van der Waals surface area contributed by atoms with E-state index in [4.69, 9.17) is 0 Å². The van der Waals surface area contributed by atoms with E-state index in [0.717, 1.165) is 40.2 Å². The van der Waals surface area contributed by atoms with E-state index in [0.29, 0.717) is 6.54 Å². The lowest BCUT2D eigenvalue weighted by molar-refractivity contribution is -0.385. The number of aromatic nitrogens is 1. The molecule has 1 aliphatic rings. The molecule has 7 nitrogen and oxygen atoms in total. The first-order valence-electron chi connectivity index (χ1n) is 8.18. The molecule has 1 amide bonds. The minimum absolute atomic E-state index is 0.114. The molecule has 1 saturated heterocycles. The molecule has 3 aromatic rings. The summed E-state index contributed by atoms with van der Waals surface area (Å²) in [5.41, 5.74) is 0.742. The number of rotatable bonds is 3. The van der Waals surface area contributed by atoms with Gasteiger partial charge in [-0.05, 0) is 37.1 Å². The molecule has 0 spiro atoms. The maximum atomic E-state index is 12.9. The lowest BCUT2D eigenvalue weighted by atomic mass is 10.1. The van der Waals surface area contributed by atoms with Gasteiger partial charge in [-0.25, -0.2) is 4.98 Å². The molecule has 132 valence electrons. The fraction of sp³-hybridized carbons (Fsp3) is 0.222. The Morgan fingerprint density at radius 2 is 2.12 bits per heavy atom. The van der Waals surface area contributed by atoms with Crippen molar-refractivity contribution in [2.24, 2.45) is 0 Å². The molecule has 0 bridgehead atoms. The van der Waals surface area contributed by atoms with Crippen LogP contribution in [0.25, 0.3) is 10.2 Å². The van der Waals surface area contributed by atoms with Crippen molar-refractivity contribution >= 4 is 33.1 Å². The van der Waals surface area contributed by atoms with E-state index in [1.54, 1.807) is 16.2 Å². The monoisotopic (exact) mass is 369 g/mol. The number of thiazole rings is 1. The summed E-state index contributed by atoms with van der Waals surface area (Å²) >= 11 is 1.58. The molecule has 1 atom stereocenters. The van der Waals surface area contributed by atoms with E-state index in [-0.39, 0.29) is 17.5 Å². The first-order chi connectivity index (χ1) is 12.5. The Hall–Kier alpha value is -3.00. The molecule has 1 aromatic heterocycles. The Morgan fingerprint density at radius 1 is 1.31 bits per heavy atom. The van der Waals surface area contributed by atoms with Gasteiger partial charge in [-0.1, -0.05) is 12.1 Å². The summed E-state index contributed by atoms with van der Waals surface area (Å²) in [6.07, 6.45) is 1.69. The lowest BCUT2D eigenvalue weighted by Gasteiger charge is -2.23. The number of phenolic OH excluding ortho intramolecular Hbond substituents is 1. The van der Waals surface area contributed by atoms with E-state index in [9.17, 15) is 20.0 Å². The fourth-order valence-electron chi connectivity index (χ4n) is 3.28. The molecule has 1 unspecified atom stereocenters. The highest BCUT2D eigenvalue weighted by Gasteiger charge is 2.33. The van der Waals surface area contributed by atoms with Gasteiger partial charge in [0, 0.05) is 18.2 Å². The third kappa shape index (κ3) is 2.78. The number of amides is 1. The van der Waals surface area contributed by atoms with Crippen LogP contribution in [0.5, 0.6) is 5.75 Å². The van der Waals surface area contributed by atoms with Crippen molar-refractivity contribution in [3.8, 4) is 5.75 Å². The Morgan fingerprint density at radius 3 is 2.85 bits per heavy atom. The molecule has 1 fully saturated rings. The second kappa shape index (κ2) is 6.38. The van der Waals surface area contributed by atoms with Crippen LogP contribution in [0.15, 0.2) is 42.5 Å². The predicted octanol–water partition coefficient (Wildman–Crippen LogP) is 3.89. The van der Waals surface area contributed by atoms with Crippen molar-refractivity contribution in [2.75, 3.05) is 6.54 Å². The number of nitro benzene ring substituents is 1. The summed E-state index contributed by atoms with van der Waals surface area (Å²) in [7, 11) is 0. The van der Waals surface area contributed by atoms with Crippen molar-refractivity contribution in [1.82, 2.24) is 9.88 Å². The van der Waals surface area contributed by atoms with E-state index >= 15 is 0 Å². The maximum Gasteiger partial charge on any atom is 0.310 e. The van der Waals surface area contributed by atoms with Gasteiger partial charge in [0.05, 0.1) is 21.2 Å². The first kappa shape index (κ1) is 16.5. The number of carbonyl (C=O) groups is 1. The summed E-state index contributed by atoms with van der Waals surface area (Å²) in [5, 5.41) is 21.5. The highest BCUT2D eigenvalue weighted by molar-refractivity contribution is 7.18. The topological polar surface area (TPSA) is 96.6 Å². The summed E-state index contributed by atoms with van der Waals surface area (Å²) in [6.45, 7) is 0.594. The van der Waals surface area contributed by atoms with Gasteiger partial charge in [0.15, 0.2) is 5.75 Å². The number of hydrogen-bond acceptors (Lipinski definition) is 6. The molecule has 1 N–H and O–H groups in total. The molecular weight excluding hydrogens is 354 g/mol. The van der Waals surface area contributed by atoms with Crippen molar-refractivity contribution < 1.29 is 14.8 Å². The minimum atomic E-state index is -0.677. The zero-order valence-corrected chi connectivity index (χ0v) is 14.5. The third-order valence-corrected chi connectivity index (χ3v) is 5.67. The van der Waals surface area contributed by atoms with Crippen LogP contribution in [0.1, 0.15) is 34.2 Å². The minimum Gasteiger partial charge on any atom is -0.502 e. The Balaban J connectivity index is 1.64. The van der Waals surface area contributed by atoms with Crippen molar-refractivity contribution in [2.45, 2.75) is 18.9 Å². The van der Waals surface area contributed by atoms with Gasteiger partial charge in [0.1, 0.15) is 5.01 Å². The first-order valence-corrected chi connectivity index (χ1v) is 9.00. The molecule has 0 saturated carbocycles. The SMILES string of the molecule is O=C(c1ccc([N+](=O)[O-])c(O)c1)N1CCCC1c1nc2ccccc2s1. The maximum absolute atomic E-state index is 12.9. The van der Waals surface area contributed by atoms with Gasteiger partial charge >= 0.3 is 5.69 Å². The van der Waals surface area contributed by atoms with Gasteiger partial charge in [-0.3, -0.25) is 14.9 Å². The number of carbonyl (C=O) groups excluding carboxylic acids is 1. The largest absolute Gasteiger partial charge is 0.502 e. The van der Waals surface area contributed by atoms with Crippen LogP contribution in [-0.4, -0.2) is 32.4 Å². The van der Waals surface area contributed by atoms with Gasteiger partial charge in [0.2, 0.25) is 0 Å². The molecule has 1 aliphatic heterocycles. The number of fused-ring (bicyclic) bond motifs is 1. The summed E-state index contributed by atoms with van der Waals surface area (Å²) in [4.78, 5) is 29.4. The van der Waals surface area contributed by atoms with E-state index < -0.39 is 16.4 Å². The third-order valence-electron chi connectivity index (χ3n) is 4.53. The highest BCUT2D eigenvalue weighted by atomic mass is 32.1. The number of benzene rings is 2. The molecule has 2 heterocycles. The fourth-order valence-corrected chi connectivity index (χ4v) is 4.39. The van der Waals surface area contributed by atoms with Crippen LogP contribution in [0.2, 0.25) is 0 Å². The normalized spacial score (nSPS) is 16.9. The molecule has 0 aliphatic carbocycles. The number of hydrogen-bond donors (Lipinski definition) is 1. The number of para-hydroxylation sites is 1. The number of phenols is 1. The summed E-state index contributed by atoms with van der Waals surface area (Å²) in [6, 6.07) is 11.4. The number of aromatic hydroxyl groups is 1. The summed E-state index contributed by atoms with van der Waals surface area (Å²) < 4.78 is 1.08. The number of likely N-dealkylation sites (tertiary alicyclic amines) is 1. The van der Waals surface area contributed by atoms with Crippen LogP contribution < -0.4 is 0 Å². The highest BCUT2D eigenvalue weighted by Crippen LogP contribution is 2.37. The van der Waals surface area contributed by atoms with Crippen LogP contribution in [-0.2, 0) is 0 Å². The Bertz CT molecular complexity index is 984. The van der Waals surface area contributed by atoms with Crippen LogP contribution in [0.4, 0.5) is 5.69 Å².